The summed E-state index contributed by atoms with van der Waals surface area (Å²) < 4.78 is 0. The standard InChI is InChI=1S/C25H35N3O/c1-25(2,3)22-12-10-20(11-13-22)17-27(4)19-24(29)26-16-21-14-15-28(18-21)23-8-6-5-7-9-23/h5-13,21H,14-19H2,1-4H3,(H,26,29). The maximum atomic E-state index is 12.4. The van der Waals surface area contributed by atoms with Crippen molar-refractivity contribution in [2.45, 2.75) is 39.2 Å². The number of carbonyl (C=O) groups is 1. The second-order valence-corrected chi connectivity index (χ2v) is 9.36. The number of anilines is 1. The van der Waals surface area contributed by atoms with Crippen molar-refractivity contribution >= 4 is 11.6 Å². The fourth-order valence-corrected chi connectivity index (χ4v) is 3.91. The largest absolute Gasteiger partial charge is 0.371 e. The van der Waals surface area contributed by atoms with Gasteiger partial charge in [-0.3, -0.25) is 9.69 Å². The summed E-state index contributed by atoms with van der Waals surface area (Å²) in [6.45, 7) is 10.7. The molecule has 1 atom stereocenters. The van der Waals surface area contributed by atoms with Gasteiger partial charge in [-0.25, -0.2) is 0 Å². The maximum absolute atomic E-state index is 12.4. The number of carbonyl (C=O) groups excluding carboxylic acids is 1. The molecule has 0 radical (unpaired) electrons. The summed E-state index contributed by atoms with van der Waals surface area (Å²) in [5, 5.41) is 3.14. The first-order valence-electron chi connectivity index (χ1n) is 10.7. The summed E-state index contributed by atoms with van der Waals surface area (Å²) in [6.07, 6.45) is 1.13. The van der Waals surface area contributed by atoms with E-state index in [9.17, 15) is 4.79 Å². The van der Waals surface area contributed by atoms with Gasteiger partial charge < -0.3 is 10.2 Å². The SMILES string of the molecule is CN(CC(=O)NCC1CCN(c2ccccc2)C1)Cc1ccc(C(C)(C)C)cc1. The molecule has 1 amide bonds. The van der Waals surface area contributed by atoms with E-state index < -0.39 is 0 Å². The molecule has 0 saturated carbocycles. The van der Waals surface area contributed by atoms with E-state index in [2.05, 4.69) is 84.4 Å². The van der Waals surface area contributed by atoms with Crippen LogP contribution in [0.25, 0.3) is 0 Å². The van der Waals surface area contributed by atoms with Crippen molar-refractivity contribution in [3.05, 3.63) is 65.7 Å². The molecule has 1 fully saturated rings. The van der Waals surface area contributed by atoms with Crippen LogP contribution in [0.15, 0.2) is 54.6 Å². The molecule has 0 spiro atoms. The molecule has 1 aliphatic heterocycles. The minimum atomic E-state index is 0.108. The molecule has 2 aromatic carbocycles. The van der Waals surface area contributed by atoms with Crippen LogP contribution >= 0.6 is 0 Å². The monoisotopic (exact) mass is 393 g/mol. The van der Waals surface area contributed by atoms with Gasteiger partial charge in [0.05, 0.1) is 6.54 Å². The Balaban J connectivity index is 1.39. The number of rotatable bonds is 7. The Morgan fingerprint density at radius 3 is 2.45 bits per heavy atom. The molecule has 0 aromatic heterocycles. The van der Waals surface area contributed by atoms with Crippen molar-refractivity contribution in [3.8, 4) is 0 Å². The van der Waals surface area contributed by atoms with Crippen LogP contribution < -0.4 is 10.2 Å². The van der Waals surface area contributed by atoms with Gasteiger partial charge in [-0.05, 0) is 48.1 Å². The predicted molar refractivity (Wildman–Crippen MR) is 121 cm³/mol. The van der Waals surface area contributed by atoms with E-state index in [-0.39, 0.29) is 11.3 Å². The van der Waals surface area contributed by atoms with E-state index in [1.165, 1.54) is 16.8 Å². The summed E-state index contributed by atoms with van der Waals surface area (Å²) >= 11 is 0. The Bertz CT molecular complexity index is 780. The highest BCUT2D eigenvalue weighted by Gasteiger charge is 2.23. The molecule has 1 N–H and O–H groups in total. The van der Waals surface area contributed by atoms with Crippen molar-refractivity contribution in [2.75, 3.05) is 38.1 Å². The van der Waals surface area contributed by atoms with Gasteiger partial charge in [-0.1, -0.05) is 63.2 Å². The zero-order valence-corrected chi connectivity index (χ0v) is 18.3. The fourth-order valence-electron chi connectivity index (χ4n) is 3.91. The van der Waals surface area contributed by atoms with Crippen molar-refractivity contribution in [1.82, 2.24) is 10.2 Å². The summed E-state index contributed by atoms with van der Waals surface area (Å²) in [4.78, 5) is 16.9. The number of hydrogen-bond donors (Lipinski definition) is 1. The lowest BCUT2D eigenvalue weighted by Crippen LogP contribution is -2.37. The van der Waals surface area contributed by atoms with Gasteiger partial charge in [0.15, 0.2) is 0 Å². The van der Waals surface area contributed by atoms with Crippen LogP contribution in [0.1, 0.15) is 38.3 Å². The molecule has 2 aromatic rings. The van der Waals surface area contributed by atoms with Crippen LogP contribution in [0.4, 0.5) is 5.69 Å². The van der Waals surface area contributed by atoms with Crippen molar-refractivity contribution in [3.63, 3.8) is 0 Å². The second-order valence-electron chi connectivity index (χ2n) is 9.36. The highest BCUT2D eigenvalue weighted by atomic mass is 16.2. The molecule has 1 saturated heterocycles. The van der Waals surface area contributed by atoms with Gasteiger partial charge in [0.25, 0.3) is 0 Å². The minimum absolute atomic E-state index is 0.108. The van der Waals surface area contributed by atoms with Crippen LogP contribution in [0.3, 0.4) is 0 Å². The average Bonchev–Trinajstić information content (AvgIpc) is 3.16. The van der Waals surface area contributed by atoms with Gasteiger partial charge in [0, 0.05) is 31.9 Å². The second kappa shape index (κ2) is 9.45. The molecule has 4 heteroatoms. The summed E-state index contributed by atoms with van der Waals surface area (Å²) in [6, 6.07) is 19.3. The molecule has 4 nitrogen and oxygen atoms in total. The Kier molecular flexibility index (Phi) is 6.96. The molecule has 0 bridgehead atoms. The van der Waals surface area contributed by atoms with Crippen LogP contribution in [0, 0.1) is 5.92 Å². The van der Waals surface area contributed by atoms with Crippen molar-refractivity contribution in [1.29, 1.82) is 0 Å². The molecule has 1 aliphatic rings. The molecule has 0 aliphatic carbocycles. The van der Waals surface area contributed by atoms with E-state index >= 15 is 0 Å². The lowest BCUT2D eigenvalue weighted by molar-refractivity contribution is -0.122. The first-order valence-corrected chi connectivity index (χ1v) is 10.7. The number of hydrogen-bond acceptors (Lipinski definition) is 3. The Morgan fingerprint density at radius 1 is 1.10 bits per heavy atom. The summed E-state index contributed by atoms with van der Waals surface area (Å²) in [5.41, 5.74) is 4.02. The van der Waals surface area contributed by atoms with E-state index in [1.807, 2.05) is 13.1 Å². The highest BCUT2D eigenvalue weighted by molar-refractivity contribution is 5.78. The topological polar surface area (TPSA) is 35.6 Å². The zero-order valence-electron chi connectivity index (χ0n) is 18.3. The molecule has 156 valence electrons. The molecule has 3 rings (SSSR count). The third kappa shape index (κ3) is 6.33. The van der Waals surface area contributed by atoms with Gasteiger partial charge in [-0.15, -0.1) is 0 Å². The third-order valence-electron chi connectivity index (χ3n) is 5.68. The molecule has 29 heavy (non-hydrogen) atoms. The van der Waals surface area contributed by atoms with E-state index in [0.717, 1.165) is 32.6 Å². The number of amides is 1. The first-order chi connectivity index (χ1) is 13.8. The van der Waals surface area contributed by atoms with Gasteiger partial charge >= 0.3 is 0 Å². The Labute approximate surface area is 175 Å². The molecule has 1 unspecified atom stereocenters. The lowest BCUT2D eigenvalue weighted by atomic mass is 9.87. The number of nitrogens with one attached hydrogen (secondary N) is 1. The normalized spacial score (nSPS) is 17.0. The lowest BCUT2D eigenvalue weighted by Gasteiger charge is -2.21. The Morgan fingerprint density at radius 2 is 1.79 bits per heavy atom. The first kappa shape index (κ1) is 21.4. The van der Waals surface area contributed by atoms with E-state index in [4.69, 9.17) is 0 Å². The smallest absolute Gasteiger partial charge is 0.234 e. The van der Waals surface area contributed by atoms with Gasteiger partial charge in [0.2, 0.25) is 5.91 Å². The number of para-hydroxylation sites is 1. The quantitative estimate of drug-likeness (QED) is 0.771. The van der Waals surface area contributed by atoms with Gasteiger partial charge in [-0.2, -0.15) is 0 Å². The van der Waals surface area contributed by atoms with Gasteiger partial charge in [0.1, 0.15) is 0 Å². The highest BCUT2D eigenvalue weighted by Crippen LogP contribution is 2.23. The van der Waals surface area contributed by atoms with Crippen LogP contribution in [-0.4, -0.2) is 44.0 Å². The van der Waals surface area contributed by atoms with Crippen LogP contribution in [0.2, 0.25) is 0 Å². The summed E-state index contributed by atoms with van der Waals surface area (Å²) in [5.74, 6) is 0.631. The Hall–Kier alpha value is -2.33. The number of benzene rings is 2. The molecular weight excluding hydrogens is 358 g/mol. The van der Waals surface area contributed by atoms with Crippen LogP contribution in [0.5, 0.6) is 0 Å². The van der Waals surface area contributed by atoms with Crippen LogP contribution in [-0.2, 0) is 16.8 Å². The molecular formula is C25H35N3O. The van der Waals surface area contributed by atoms with E-state index in [1.54, 1.807) is 0 Å². The summed E-state index contributed by atoms with van der Waals surface area (Å²) in [7, 11) is 2.00. The maximum Gasteiger partial charge on any atom is 0.234 e. The third-order valence-corrected chi connectivity index (χ3v) is 5.68. The van der Waals surface area contributed by atoms with E-state index in [0.29, 0.717) is 12.5 Å². The number of nitrogens with zero attached hydrogens (tertiary/aromatic N) is 2. The van der Waals surface area contributed by atoms with Crippen molar-refractivity contribution in [2.24, 2.45) is 5.92 Å². The average molecular weight is 394 g/mol. The van der Waals surface area contributed by atoms with Crippen molar-refractivity contribution < 1.29 is 4.79 Å². The molecule has 1 heterocycles. The predicted octanol–water partition coefficient (Wildman–Crippen LogP) is 4.06. The fraction of sp³-hybridized carbons (Fsp3) is 0.480. The minimum Gasteiger partial charge on any atom is -0.371 e. The zero-order chi connectivity index (χ0) is 20.9. The number of likely N-dealkylation sites (N-methyl/N-ethyl adjacent to an activating group) is 1.